The number of hydrogen-bond donors (Lipinski definition) is 2. The molecule has 20 heavy (non-hydrogen) atoms. The average molecular weight is 278 g/mol. The van der Waals surface area contributed by atoms with Crippen LogP contribution in [0.25, 0.3) is 0 Å². The summed E-state index contributed by atoms with van der Waals surface area (Å²) in [4.78, 5) is 13.8. The molecule has 1 heterocycles. The van der Waals surface area contributed by atoms with Crippen molar-refractivity contribution in [1.29, 1.82) is 0 Å². The van der Waals surface area contributed by atoms with E-state index in [1.165, 1.54) is 4.90 Å². The summed E-state index contributed by atoms with van der Waals surface area (Å²) < 4.78 is 5.41. The first-order chi connectivity index (χ1) is 9.33. The van der Waals surface area contributed by atoms with Crippen LogP contribution in [-0.2, 0) is 4.74 Å². The quantitative estimate of drug-likeness (QED) is 0.825. The van der Waals surface area contributed by atoms with Gasteiger partial charge in [-0.3, -0.25) is 4.90 Å². The molecule has 5 nitrogen and oxygen atoms in total. The summed E-state index contributed by atoms with van der Waals surface area (Å²) in [5, 5.41) is 13.3. The van der Waals surface area contributed by atoms with Gasteiger partial charge in [0.05, 0.1) is 24.4 Å². The summed E-state index contributed by atoms with van der Waals surface area (Å²) in [6, 6.07) is 7.38. The molecule has 110 valence electrons. The second-order valence-corrected chi connectivity index (χ2v) is 5.98. The molecule has 2 atom stereocenters. The van der Waals surface area contributed by atoms with Gasteiger partial charge in [0.15, 0.2) is 0 Å². The number of fused-ring (bicyclic) bond motifs is 1. The van der Waals surface area contributed by atoms with Gasteiger partial charge in [-0.1, -0.05) is 18.2 Å². The highest BCUT2D eigenvalue weighted by Crippen LogP contribution is 2.34. The summed E-state index contributed by atoms with van der Waals surface area (Å²) in [6.07, 6.45) is -1.10. The zero-order valence-electron chi connectivity index (χ0n) is 12.4. The maximum atomic E-state index is 12.3. The third-order valence-electron chi connectivity index (χ3n) is 3.24. The largest absolute Gasteiger partial charge is 0.443 e. The van der Waals surface area contributed by atoms with Crippen LogP contribution >= 0.6 is 0 Å². The number of aliphatic hydroxyl groups is 1. The van der Waals surface area contributed by atoms with E-state index in [2.05, 4.69) is 5.32 Å². The Labute approximate surface area is 119 Å². The number of nitrogens with one attached hydrogen (secondary N) is 1. The predicted molar refractivity (Wildman–Crippen MR) is 77.8 cm³/mol. The monoisotopic (exact) mass is 278 g/mol. The molecule has 0 aromatic heterocycles. The summed E-state index contributed by atoms with van der Waals surface area (Å²) in [5.74, 6) is 0. The van der Waals surface area contributed by atoms with Crippen molar-refractivity contribution >= 4 is 11.8 Å². The van der Waals surface area contributed by atoms with Crippen LogP contribution < -0.4 is 10.2 Å². The minimum absolute atomic E-state index is 0.176. The van der Waals surface area contributed by atoms with E-state index in [9.17, 15) is 9.90 Å². The lowest BCUT2D eigenvalue weighted by atomic mass is 9.94. The van der Waals surface area contributed by atoms with Gasteiger partial charge in [0, 0.05) is 0 Å². The van der Waals surface area contributed by atoms with E-state index < -0.39 is 17.8 Å². The number of carbonyl (C=O) groups excluding carboxylic acids is 1. The van der Waals surface area contributed by atoms with Crippen molar-refractivity contribution < 1.29 is 14.6 Å². The third kappa shape index (κ3) is 2.94. The molecule has 1 aromatic carbocycles. The topological polar surface area (TPSA) is 61.8 Å². The van der Waals surface area contributed by atoms with Crippen LogP contribution in [0.4, 0.5) is 10.5 Å². The zero-order valence-corrected chi connectivity index (χ0v) is 12.4. The average Bonchev–Trinajstić information content (AvgIpc) is 2.35. The van der Waals surface area contributed by atoms with Gasteiger partial charge >= 0.3 is 6.09 Å². The number of likely N-dealkylation sites (N-methyl/N-ethyl adjacent to an activating group) is 1. The van der Waals surface area contributed by atoms with E-state index >= 15 is 0 Å². The van der Waals surface area contributed by atoms with Crippen molar-refractivity contribution in [2.24, 2.45) is 0 Å². The van der Waals surface area contributed by atoms with E-state index in [0.717, 1.165) is 11.3 Å². The van der Waals surface area contributed by atoms with Crippen molar-refractivity contribution in [3.05, 3.63) is 29.8 Å². The molecule has 0 aliphatic carbocycles. The first-order valence-corrected chi connectivity index (χ1v) is 6.78. The number of benzene rings is 1. The molecule has 0 saturated heterocycles. The fourth-order valence-electron chi connectivity index (χ4n) is 2.43. The summed E-state index contributed by atoms with van der Waals surface area (Å²) >= 11 is 0. The van der Waals surface area contributed by atoms with E-state index in [4.69, 9.17) is 4.74 Å². The Morgan fingerprint density at radius 2 is 2.05 bits per heavy atom. The number of hydrogen-bond acceptors (Lipinski definition) is 4. The Hall–Kier alpha value is -1.59. The molecule has 0 radical (unpaired) electrons. The van der Waals surface area contributed by atoms with Crippen molar-refractivity contribution in [2.45, 2.75) is 38.5 Å². The number of para-hydroxylation sites is 1. The van der Waals surface area contributed by atoms with Gasteiger partial charge in [0.25, 0.3) is 0 Å². The fraction of sp³-hybridized carbons (Fsp3) is 0.533. The molecule has 0 unspecified atom stereocenters. The molecule has 2 rings (SSSR count). The van der Waals surface area contributed by atoms with Crippen molar-refractivity contribution in [2.75, 3.05) is 18.5 Å². The number of anilines is 1. The Bertz CT molecular complexity index is 496. The minimum Gasteiger partial charge on any atom is -0.443 e. The molecular formula is C15H22N2O3. The lowest BCUT2D eigenvalue weighted by molar-refractivity contribution is 0.0528. The Morgan fingerprint density at radius 1 is 1.40 bits per heavy atom. The number of carbonyl (C=O) groups is 1. The Morgan fingerprint density at radius 3 is 2.65 bits per heavy atom. The highest BCUT2D eigenvalue weighted by atomic mass is 16.6. The van der Waals surface area contributed by atoms with Crippen LogP contribution in [-0.4, -0.2) is 36.5 Å². The number of β-amino-alcohol motifs (C(OH)–C–C–N with tert-alkyl or cyclic N) is 1. The van der Waals surface area contributed by atoms with Gasteiger partial charge < -0.3 is 15.2 Å². The van der Waals surface area contributed by atoms with Crippen molar-refractivity contribution in [3.8, 4) is 0 Å². The van der Waals surface area contributed by atoms with Gasteiger partial charge in [0.1, 0.15) is 5.60 Å². The van der Waals surface area contributed by atoms with Crippen LogP contribution in [0.2, 0.25) is 0 Å². The maximum absolute atomic E-state index is 12.3. The Balaban J connectivity index is 2.34. The second-order valence-electron chi connectivity index (χ2n) is 5.98. The summed E-state index contributed by atoms with van der Waals surface area (Å²) in [5.41, 5.74) is 1.13. The van der Waals surface area contributed by atoms with Crippen LogP contribution in [0.3, 0.4) is 0 Å². The molecule has 0 bridgehead atoms. The van der Waals surface area contributed by atoms with Crippen LogP contribution in [0.15, 0.2) is 24.3 Å². The minimum atomic E-state index is -0.664. The molecule has 1 aromatic rings. The zero-order chi connectivity index (χ0) is 14.9. The molecule has 5 heteroatoms. The van der Waals surface area contributed by atoms with E-state index in [1.807, 2.05) is 45.0 Å². The molecule has 2 N–H and O–H groups in total. The number of rotatable bonds is 1. The van der Waals surface area contributed by atoms with Gasteiger partial charge in [-0.05, 0) is 39.4 Å². The SMILES string of the molecule is CN[C@H]1c2ccccc2N(C(=O)OC(C)(C)C)C[C@H]1O. The number of amides is 1. The van der Waals surface area contributed by atoms with Crippen LogP contribution in [0.5, 0.6) is 0 Å². The first kappa shape index (κ1) is 14.8. The lowest BCUT2D eigenvalue weighted by Gasteiger charge is -2.38. The fourth-order valence-corrected chi connectivity index (χ4v) is 2.43. The standard InChI is InChI=1S/C15H22N2O3/c1-15(2,3)20-14(19)17-9-12(18)13(16-4)10-7-5-6-8-11(10)17/h5-8,12-13,16,18H,9H2,1-4H3/t12-,13+/m1/s1. The molecule has 1 aliphatic rings. The Kier molecular flexibility index (Phi) is 4.01. The molecular weight excluding hydrogens is 256 g/mol. The molecule has 1 aliphatic heterocycles. The number of ether oxygens (including phenoxy) is 1. The summed E-state index contributed by atoms with van der Waals surface area (Å²) in [6.45, 7) is 5.70. The van der Waals surface area contributed by atoms with Crippen molar-refractivity contribution in [3.63, 3.8) is 0 Å². The number of aliphatic hydroxyl groups excluding tert-OH is 1. The predicted octanol–water partition coefficient (Wildman–Crippen LogP) is 2.06. The highest BCUT2D eigenvalue weighted by Gasteiger charge is 2.35. The molecule has 0 fully saturated rings. The second kappa shape index (κ2) is 5.42. The van der Waals surface area contributed by atoms with E-state index in [-0.39, 0.29) is 12.6 Å². The lowest BCUT2D eigenvalue weighted by Crippen LogP contribution is -2.49. The normalized spacial score (nSPS) is 22.4. The van der Waals surface area contributed by atoms with Crippen LogP contribution in [0.1, 0.15) is 32.4 Å². The van der Waals surface area contributed by atoms with E-state index in [0.29, 0.717) is 0 Å². The smallest absolute Gasteiger partial charge is 0.414 e. The maximum Gasteiger partial charge on any atom is 0.414 e. The highest BCUT2D eigenvalue weighted by molar-refractivity contribution is 5.90. The van der Waals surface area contributed by atoms with Gasteiger partial charge in [-0.15, -0.1) is 0 Å². The van der Waals surface area contributed by atoms with Gasteiger partial charge in [-0.25, -0.2) is 4.79 Å². The summed E-state index contributed by atoms with van der Waals surface area (Å²) in [7, 11) is 1.80. The van der Waals surface area contributed by atoms with Crippen LogP contribution in [0, 0.1) is 0 Å². The van der Waals surface area contributed by atoms with E-state index in [1.54, 1.807) is 7.05 Å². The van der Waals surface area contributed by atoms with Gasteiger partial charge in [0.2, 0.25) is 0 Å². The molecule has 0 saturated carbocycles. The third-order valence-corrected chi connectivity index (χ3v) is 3.24. The molecule has 0 spiro atoms. The molecule has 1 amide bonds. The number of nitrogens with zero attached hydrogens (tertiary/aromatic N) is 1. The first-order valence-electron chi connectivity index (χ1n) is 6.78. The van der Waals surface area contributed by atoms with Gasteiger partial charge in [-0.2, -0.15) is 0 Å². The van der Waals surface area contributed by atoms with Crippen molar-refractivity contribution in [1.82, 2.24) is 5.32 Å².